The molecule has 3 rings (SSSR count). The first-order valence-corrected chi connectivity index (χ1v) is 6.26. The zero-order valence-corrected chi connectivity index (χ0v) is 10.6. The average molecular weight is 241 g/mol. The van der Waals surface area contributed by atoms with Gasteiger partial charge in [0.05, 0.1) is 12.1 Å². The number of nitrogens with zero attached hydrogens (tertiary/aromatic N) is 1. The molecule has 1 aromatic carbocycles. The monoisotopic (exact) mass is 241 g/mol. The minimum atomic E-state index is -0.295. The second-order valence-electron chi connectivity index (χ2n) is 4.96. The van der Waals surface area contributed by atoms with Crippen molar-refractivity contribution < 1.29 is 9.53 Å². The van der Waals surface area contributed by atoms with Gasteiger partial charge in [-0.05, 0) is 23.1 Å². The molecule has 3 heteroatoms. The zero-order valence-electron chi connectivity index (χ0n) is 10.6. The Hall–Kier alpha value is -1.90. The van der Waals surface area contributed by atoms with Gasteiger partial charge >= 0.3 is 5.97 Å². The molecule has 1 aliphatic rings. The zero-order chi connectivity index (χ0) is 12.7. The summed E-state index contributed by atoms with van der Waals surface area (Å²) in [5.41, 5.74) is 3.58. The smallest absolute Gasteiger partial charge is 0.357 e. The number of rotatable bonds is 1. The molecule has 0 fully saturated rings. The Labute approximate surface area is 106 Å². The van der Waals surface area contributed by atoms with Crippen molar-refractivity contribution in [1.82, 2.24) is 4.98 Å². The Balaban J connectivity index is 2.31. The van der Waals surface area contributed by atoms with Crippen LogP contribution in [-0.2, 0) is 11.2 Å². The summed E-state index contributed by atoms with van der Waals surface area (Å²) in [5.74, 6) is 0.0931. The molecule has 1 aromatic heterocycles. The lowest BCUT2D eigenvalue weighted by Gasteiger charge is -2.17. The van der Waals surface area contributed by atoms with E-state index in [4.69, 9.17) is 4.74 Å². The Morgan fingerprint density at radius 1 is 1.33 bits per heavy atom. The molecule has 0 saturated heterocycles. The van der Waals surface area contributed by atoms with Gasteiger partial charge in [-0.1, -0.05) is 32.0 Å². The van der Waals surface area contributed by atoms with Crippen LogP contribution < -0.4 is 0 Å². The molecule has 0 amide bonds. The van der Waals surface area contributed by atoms with E-state index in [1.54, 1.807) is 0 Å². The normalized spacial score (nSPS) is 14.7. The highest BCUT2D eigenvalue weighted by molar-refractivity contribution is 5.94. The molecule has 0 atom stereocenters. The van der Waals surface area contributed by atoms with E-state index in [1.165, 1.54) is 5.56 Å². The topological polar surface area (TPSA) is 39.2 Å². The Morgan fingerprint density at radius 3 is 2.94 bits per heavy atom. The molecular formula is C15H15NO2. The van der Waals surface area contributed by atoms with Crippen LogP contribution in [0, 0.1) is 0 Å². The van der Waals surface area contributed by atoms with Gasteiger partial charge in [0, 0.05) is 11.8 Å². The summed E-state index contributed by atoms with van der Waals surface area (Å²) < 4.78 is 5.05. The van der Waals surface area contributed by atoms with Gasteiger partial charge < -0.3 is 4.74 Å². The summed E-state index contributed by atoms with van der Waals surface area (Å²) in [6, 6.07) is 8.24. The first kappa shape index (κ1) is 11.2. The lowest BCUT2D eigenvalue weighted by molar-refractivity contribution is 0.0472. The van der Waals surface area contributed by atoms with Gasteiger partial charge in [-0.2, -0.15) is 0 Å². The third-order valence-electron chi connectivity index (χ3n) is 3.38. The summed E-state index contributed by atoms with van der Waals surface area (Å²) >= 11 is 0. The fourth-order valence-electron chi connectivity index (χ4n) is 2.42. The van der Waals surface area contributed by atoms with Crippen molar-refractivity contribution >= 4 is 16.9 Å². The summed E-state index contributed by atoms with van der Waals surface area (Å²) in [5, 5.41) is 1.11. The van der Waals surface area contributed by atoms with E-state index in [-0.39, 0.29) is 5.97 Å². The SMILES string of the molecule is CC(C)c1cccc2cc3c(nc12)C(=O)OCC3. The minimum absolute atomic E-state index is 0.295. The molecule has 0 saturated carbocycles. The highest BCUT2D eigenvalue weighted by atomic mass is 16.5. The van der Waals surface area contributed by atoms with Crippen LogP contribution in [0.2, 0.25) is 0 Å². The largest absolute Gasteiger partial charge is 0.461 e. The quantitative estimate of drug-likeness (QED) is 0.720. The molecule has 2 aromatic rings. The van der Waals surface area contributed by atoms with E-state index in [2.05, 4.69) is 37.0 Å². The third-order valence-corrected chi connectivity index (χ3v) is 3.38. The highest BCUT2D eigenvalue weighted by Gasteiger charge is 2.21. The number of carbonyl (C=O) groups is 1. The molecule has 2 heterocycles. The van der Waals surface area contributed by atoms with E-state index in [0.29, 0.717) is 18.2 Å². The van der Waals surface area contributed by atoms with E-state index in [0.717, 1.165) is 22.9 Å². The molecule has 0 spiro atoms. The van der Waals surface area contributed by atoms with E-state index in [9.17, 15) is 4.79 Å². The first-order valence-electron chi connectivity index (χ1n) is 6.26. The molecule has 0 N–H and O–H groups in total. The van der Waals surface area contributed by atoms with Crippen LogP contribution in [0.15, 0.2) is 24.3 Å². The predicted molar refractivity (Wildman–Crippen MR) is 69.8 cm³/mol. The maximum atomic E-state index is 11.7. The first-order chi connectivity index (χ1) is 8.66. The Morgan fingerprint density at radius 2 is 2.17 bits per heavy atom. The number of ether oxygens (including phenoxy) is 1. The van der Waals surface area contributed by atoms with Crippen molar-refractivity contribution in [2.45, 2.75) is 26.2 Å². The van der Waals surface area contributed by atoms with Crippen LogP contribution >= 0.6 is 0 Å². The van der Waals surface area contributed by atoms with Gasteiger partial charge in [-0.15, -0.1) is 0 Å². The van der Waals surface area contributed by atoms with Gasteiger partial charge in [0.25, 0.3) is 0 Å². The second-order valence-corrected chi connectivity index (χ2v) is 4.96. The minimum Gasteiger partial charge on any atom is -0.461 e. The molecule has 92 valence electrons. The molecule has 0 aliphatic carbocycles. The van der Waals surface area contributed by atoms with Crippen LogP contribution in [0.1, 0.15) is 41.4 Å². The van der Waals surface area contributed by atoms with Gasteiger partial charge in [0.2, 0.25) is 0 Å². The number of carbonyl (C=O) groups excluding carboxylic acids is 1. The van der Waals surface area contributed by atoms with E-state index < -0.39 is 0 Å². The lowest BCUT2D eigenvalue weighted by Crippen LogP contribution is -2.19. The molecule has 0 unspecified atom stereocenters. The summed E-state index contributed by atoms with van der Waals surface area (Å²) in [7, 11) is 0. The van der Waals surface area contributed by atoms with Crippen LogP contribution in [-0.4, -0.2) is 17.6 Å². The van der Waals surface area contributed by atoms with E-state index in [1.807, 2.05) is 6.07 Å². The number of aromatic nitrogens is 1. The number of pyridine rings is 1. The van der Waals surface area contributed by atoms with Crippen molar-refractivity contribution in [3.05, 3.63) is 41.1 Å². The fraction of sp³-hybridized carbons (Fsp3) is 0.333. The maximum absolute atomic E-state index is 11.7. The Bertz CT molecular complexity index is 632. The number of esters is 1. The third kappa shape index (κ3) is 1.67. The number of benzene rings is 1. The van der Waals surface area contributed by atoms with Crippen LogP contribution in [0.5, 0.6) is 0 Å². The standard InChI is InChI=1S/C15H15NO2/c1-9(2)12-5-3-4-10-8-11-6-7-18-15(17)14(11)16-13(10)12/h3-5,8-9H,6-7H2,1-2H3. The van der Waals surface area contributed by atoms with Crippen molar-refractivity contribution in [3.8, 4) is 0 Å². The number of hydrogen-bond donors (Lipinski definition) is 0. The molecule has 1 aliphatic heterocycles. The maximum Gasteiger partial charge on any atom is 0.357 e. The van der Waals surface area contributed by atoms with Gasteiger partial charge in [-0.25, -0.2) is 9.78 Å². The van der Waals surface area contributed by atoms with E-state index >= 15 is 0 Å². The molecular weight excluding hydrogens is 226 g/mol. The predicted octanol–water partition coefficient (Wildman–Crippen LogP) is 3.07. The summed E-state index contributed by atoms with van der Waals surface area (Å²) in [6.45, 7) is 4.73. The fourth-order valence-corrected chi connectivity index (χ4v) is 2.42. The van der Waals surface area contributed by atoms with Crippen LogP contribution in [0.4, 0.5) is 0 Å². The van der Waals surface area contributed by atoms with Crippen molar-refractivity contribution in [2.24, 2.45) is 0 Å². The van der Waals surface area contributed by atoms with Crippen molar-refractivity contribution in [3.63, 3.8) is 0 Å². The van der Waals surface area contributed by atoms with Crippen LogP contribution in [0.3, 0.4) is 0 Å². The average Bonchev–Trinajstić information content (AvgIpc) is 2.36. The van der Waals surface area contributed by atoms with Gasteiger partial charge in [0.15, 0.2) is 5.69 Å². The number of cyclic esters (lactones) is 1. The molecule has 18 heavy (non-hydrogen) atoms. The number of fused-ring (bicyclic) bond motifs is 2. The molecule has 0 radical (unpaired) electrons. The van der Waals surface area contributed by atoms with Crippen molar-refractivity contribution in [2.75, 3.05) is 6.61 Å². The summed E-state index contributed by atoms with van der Waals surface area (Å²) in [4.78, 5) is 16.3. The highest BCUT2D eigenvalue weighted by Crippen LogP contribution is 2.27. The molecule has 0 bridgehead atoms. The second kappa shape index (κ2) is 4.09. The van der Waals surface area contributed by atoms with Crippen molar-refractivity contribution in [1.29, 1.82) is 0 Å². The van der Waals surface area contributed by atoms with Crippen LogP contribution in [0.25, 0.3) is 10.9 Å². The Kier molecular flexibility index (Phi) is 2.54. The lowest BCUT2D eigenvalue weighted by atomic mass is 9.97. The van der Waals surface area contributed by atoms with Gasteiger partial charge in [0.1, 0.15) is 0 Å². The number of para-hydroxylation sites is 1. The molecule has 3 nitrogen and oxygen atoms in total. The summed E-state index contributed by atoms with van der Waals surface area (Å²) in [6.07, 6.45) is 0.760. The number of hydrogen-bond acceptors (Lipinski definition) is 3. The van der Waals surface area contributed by atoms with Gasteiger partial charge in [-0.3, -0.25) is 0 Å².